The number of fused-ring (bicyclic) bond motifs is 1. The lowest BCUT2D eigenvalue weighted by atomic mass is 10.1. The van der Waals surface area contributed by atoms with Crippen LogP contribution in [-0.2, 0) is 13.0 Å². The fourth-order valence-electron chi connectivity index (χ4n) is 3.45. The van der Waals surface area contributed by atoms with E-state index >= 15 is 0 Å². The summed E-state index contributed by atoms with van der Waals surface area (Å²) in [6, 6.07) is 19.9. The maximum Gasteiger partial charge on any atom is 0.268 e. The van der Waals surface area contributed by atoms with Crippen LogP contribution in [0.2, 0.25) is 0 Å². The highest BCUT2D eigenvalue weighted by Crippen LogP contribution is 2.23. The van der Waals surface area contributed by atoms with Crippen LogP contribution >= 0.6 is 0 Å². The second kappa shape index (κ2) is 8.27. The summed E-state index contributed by atoms with van der Waals surface area (Å²) in [5.74, 6) is 0.715. The molecule has 1 N–H and O–H groups in total. The highest BCUT2D eigenvalue weighted by atomic mass is 16.5. The van der Waals surface area contributed by atoms with E-state index in [1.165, 1.54) is 5.56 Å². The van der Waals surface area contributed by atoms with Crippen LogP contribution in [0.1, 0.15) is 27.2 Å². The number of hydrogen-bond donors (Lipinski definition) is 1. The molecule has 0 atom stereocenters. The van der Waals surface area contributed by atoms with Gasteiger partial charge >= 0.3 is 0 Å². The number of nitrogens with one attached hydrogen (secondary N) is 1. The van der Waals surface area contributed by atoms with Gasteiger partial charge in [0.05, 0.1) is 18.9 Å². The molecule has 0 fully saturated rings. The maximum absolute atomic E-state index is 12.9. The van der Waals surface area contributed by atoms with Gasteiger partial charge < -0.3 is 19.0 Å². The van der Waals surface area contributed by atoms with Crippen LogP contribution in [0.3, 0.4) is 0 Å². The van der Waals surface area contributed by atoms with E-state index in [1.807, 2.05) is 41.0 Å². The number of benzene rings is 2. The molecule has 0 saturated heterocycles. The Morgan fingerprint density at radius 2 is 1.90 bits per heavy atom. The minimum absolute atomic E-state index is 0.105. The monoisotopic (exact) mass is 388 g/mol. The van der Waals surface area contributed by atoms with Crippen molar-refractivity contribution in [2.75, 3.05) is 13.7 Å². The van der Waals surface area contributed by atoms with Gasteiger partial charge in [-0.25, -0.2) is 0 Å². The van der Waals surface area contributed by atoms with Crippen molar-refractivity contribution in [3.8, 4) is 5.75 Å². The Kier molecular flexibility index (Phi) is 5.38. The molecule has 0 radical (unpaired) electrons. The quantitative estimate of drug-likeness (QED) is 0.504. The summed E-state index contributed by atoms with van der Waals surface area (Å²) in [5.41, 5.74) is 5.71. The number of aromatic nitrogens is 1. The topological polar surface area (TPSA) is 56.4 Å². The van der Waals surface area contributed by atoms with Gasteiger partial charge in [-0.3, -0.25) is 4.79 Å². The summed E-state index contributed by atoms with van der Waals surface area (Å²) in [4.78, 5) is 12.9. The van der Waals surface area contributed by atoms with E-state index in [0.717, 1.165) is 34.4 Å². The predicted octanol–water partition coefficient (Wildman–Crippen LogP) is 4.57. The van der Waals surface area contributed by atoms with Crippen molar-refractivity contribution in [3.05, 3.63) is 89.3 Å². The van der Waals surface area contributed by atoms with Crippen molar-refractivity contribution in [2.45, 2.75) is 19.9 Å². The molecule has 5 heteroatoms. The molecule has 5 nitrogen and oxygen atoms in total. The number of amides is 1. The standard InChI is InChI=1S/C24H24N2O3/c1-17-6-8-19(9-7-17)16-26-21-11-13-29-23(21)15-22(26)24(27)25-12-10-18-4-3-5-20(14-18)28-2/h3-9,11,13-15H,10,12,16H2,1-2H3,(H,25,27). The zero-order valence-electron chi connectivity index (χ0n) is 16.6. The molecule has 4 rings (SSSR count). The van der Waals surface area contributed by atoms with Crippen LogP contribution in [0.5, 0.6) is 5.75 Å². The first kappa shape index (κ1) is 18.9. The van der Waals surface area contributed by atoms with E-state index in [0.29, 0.717) is 18.8 Å². The summed E-state index contributed by atoms with van der Waals surface area (Å²) in [6.45, 7) is 3.22. The Morgan fingerprint density at radius 3 is 2.69 bits per heavy atom. The van der Waals surface area contributed by atoms with E-state index in [4.69, 9.17) is 9.15 Å². The number of hydrogen-bond acceptors (Lipinski definition) is 3. The van der Waals surface area contributed by atoms with Crippen LogP contribution in [-0.4, -0.2) is 24.1 Å². The number of ether oxygens (including phenoxy) is 1. The second-order valence-electron chi connectivity index (χ2n) is 7.13. The number of rotatable bonds is 7. The zero-order chi connectivity index (χ0) is 20.2. The molecule has 0 spiro atoms. The Balaban J connectivity index is 1.49. The SMILES string of the molecule is COc1cccc(CCNC(=O)c2cc3occc3n2Cc2ccc(C)cc2)c1. The Labute approximate surface area is 169 Å². The van der Waals surface area contributed by atoms with Gasteiger partial charge in [-0.2, -0.15) is 0 Å². The number of carbonyl (C=O) groups excluding carboxylic acids is 1. The molecule has 0 aliphatic rings. The molecule has 29 heavy (non-hydrogen) atoms. The van der Waals surface area contributed by atoms with Gasteiger partial charge in [0.25, 0.3) is 5.91 Å². The van der Waals surface area contributed by atoms with Crippen molar-refractivity contribution in [1.82, 2.24) is 9.88 Å². The van der Waals surface area contributed by atoms with Crippen molar-refractivity contribution >= 4 is 17.0 Å². The van der Waals surface area contributed by atoms with Gasteiger partial charge in [0.15, 0.2) is 5.58 Å². The molecular formula is C24H24N2O3. The number of methoxy groups -OCH3 is 1. The van der Waals surface area contributed by atoms with Crippen molar-refractivity contribution in [3.63, 3.8) is 0 Å². The average molecular weight is 388 g/mol. The molecule has 2 heterocycles. The average Bonchev–Trinajstić information content (AvgIpc) is 3.32. The minimum Gasteiger partial charge on any atom is -0.497 e. The molecule has 0 bridgehead atoms. The van der Waals surface area contributed by atoms with Gasteiger partial charge in [-0.1, -0.05) is 42.0 Å². The third-order valence-corrected chi connectivity index (χ3v) is 5.05. The van der Waals surface area contributed by atoms with Crippen LogP contribution in [0, 0.1) is 6.92 Å². The van der Waals surface area contributed by atoms with E-state index in [9.17, 15) is 4.79 Å². The third-order valence-electron chi connectivity index (χ3n) is 5.05. The molecule has 2 aromatic heterocycles. The fourth-order valence-corrected chi connectivity index (χ4v) is 3.45. The molecule has 148 valence electrons. The highest BCUT2D eigenvalue weighted by Gasteiger charge is 2.17. The normalized spacial score (nSPS) is 11.0. The number of aryl methyl sites for hydroxylation is 1. The molecule has 2 aromatic carbocycles. The van der Waals surface area contributed by atoms with Gasteiger partial charge in [0, 0.05) is 25.2 Å². The van der Waals surface area contributed by atoms with E-state index in [2.05, 4.69) is 36.5 Å². The zero-order valence-corrected chi connectivity index (χ0v) is 16.6. The summed E-state index contributed by atoms with van der Waals surface area (Å²) in [6.07, 6.45) is 2.39. The van der Waals surface area contributed by atoms with Crippen LogP contribution in [0.15, 0.2) is 71.3 Å². The van der Waals surface area contributed by atoms with E-state index in [1.54, 1.807) is 13.4 Å². The first-order chi connectivity index (χ1) is 14.1. The van der Waals surface area contributed by atoms with Gasteiger partial charge in [0.1, 0.15) is 11.4 Å². The summed E-state index contributed by atoms with van der Waals surface area (Å²) in [7, 11) is 1.65. The van der Waals surface area contributed by atoms with Crippen molar-refractivity contribution in [1.29, 1.82) is 0 Å². The van der Waals surface area contributed by atoms with Crippen molar-refractivity contribution in [2.24, 2.45) is 0 Å². The summed E-state index contributed by atoms with van der Waals surface area (Å²) in [5, 5.41) is 3.03. The molecule has 0 saturated carbocycles. The molecule has 0 unspecified atom stereocenters. The fraction of sp³-hybridized carbons (Fsp3) is 0.208. The van der Waals surface area contributed by atoms with E-state index < -0.39 is 0 Å². The third kappa shape index (κ3) is 4.19. The number of furan rings is 1. The summed E-state index contributed by atoms with van der Waals surface area (Å²) >= 11 is 0. The Morgan fingerprint density at radius 1 is 1.07 bits per heavy atom. The summed E-state index contributed by atoms with van der Waals surface area (Å²) < 4.78 is 12.8. The predicted molar refractivity (Wildman–Crippen MR) is 114 cm³/mol. The lowest BCUT2D eigenvalue weighted by Gasteiger charge is -2.11. The molecule has 0 aliphatic carbocycles. The highest BCUT2D eigenvalue weighted by molar-refractivity contribution is 5.97. The lowest BCUT2D eigenvalue weighted by molar-refractivity contribution is 0.0945. The Bertz CT molecular complexity index is 1120. The molecule has 1 amide bonds. The Hall–Kier alpha value is -3.47. The van der Waals surface area contributed by atoms with Gasteiger partial charge in [0.2, 0.25) is 0 Å². The van der Waals surface area contributed by atoms with Gasteiger partial charge in [-0.15, -0.1) is 0 Å². The molecule has 0 aliphatic heterocycles. The van der Waals surface area contributed by atoms with Gasteiger partial charge in [-0.05, 0) is 36.6 Å². The first-order valence-electron chi connectivity index (χ1n) is 9.67. The second-order valence-corrected chi connectivity index (χ2v) is 7.13. The van der Waals surface area contributed by atoms with Crippen LogP contribution < -0.4 is 10.1 Å². The van der Waals surface area contributed by atoms with Crippen molar-refractivity contribution < 1.29 is 13.9 Å². The van der Waals surface area contributed by atoms with E-state index in [-0.39, 0.29) is 5.91 Å². The number of carbonyl (C=O) groups is 1. The number of nitrogens with zero attached hydrogens (tertiary/aromatic N) is 1. The lowest BCUT2D eigenvalue weighted by Crippen LogP contribution is -2.28. The molecular weight excluding hydrogens is 364 g/mol. The smallest absolute Gasteiger partial charge is 0.268 e. The van der Waals surface area contributed by atoms with Crippen LogP contribution in [0.4, 0.5) is 0 Å². The molecule has 4 aromatic rings. The minimum atomic E-state index is -0.105. The first-order valence-corrected chi connectivity index (χ1v) is 9.67. The van der Waals surface area contributed by atoms with Crippen LogP contribution in [0.25, 0.3) is 11.1 Å². The largest absolute Gasteiger partial charge is 0.497 e. The maximum atomic E-state index is 12.9.